The lowest BCUT2D eigenvalue weighted by Crippen LogP contribution is -2.37. The lowest BCUT2D eigenvalue weighted by molar-refractivity contribution is 0.00858. The Balaban J connectivity index is 2.13. The molecular weight excluding hydrogens is 386 g/mol. The van der Waals surface area contributed by atoms with E-state index in [0.29, 0.717) is 16.2 Å². The minimum atomic E-state index is -3.50. The smallest absolute Gasteiger partial charge is 0.244 e. The van der Waals surface area contributed by atoms with Crippen LogP contribution >= 0.6 is 38.9 Å². The molecular formula is C12H17BrClNO3S2. The molecule has 2 heterocycles. The third-order valence-electron chi connectivity index (χ3n) is 3.26. The van der Waals surface area contributed by atoms with Gasteiger partial charge < -0.3 is 4.74 Å². The predicted molar refractivity (Wildman–Crippen MR) is 85.0 cm³/mol. The van der Waals surface area contributed by atoms with Crippen LogP contribution in [0.2, 0.25) is 0 Å². The highest BCUT2D eigenvalue weighted by Gasteiger charge is 2.28. The van der Waals surface area contributed by atoms with Crippen LogP contribution in [0.4, 0.5) is 0 Å². The molecule has 0 aromatic carbocycles. The van der Waals surface area contributed by atoms with Gasteiger partial charge >= 0.3 is 0 Å². The molecule has 20 heavy (non-hydrogen) atoms. The Hall–Kier alpha value is 0.340. The van der Waals surface area contributed by atoms with Crippen molar-refractivity contribution in [3.63, 3.8) is 0 Å². The van der Waals surface area contributed by atoms with E-state index in [1.54, 1.807) is 13.1 Å². The van der Waals surface area contributed by atoms with Gasteiger partial charge in [0.1, 0.15) is 4.90 Å². The number of hydrogen-bond acceptors (Lipinski definition) is 4. The Kier molecular flexibility index (Phi) is 5.90. The summed E-state index contributed by atoms with van der Waals surface area (Å²) in [6.45, 7) is 1.11. The first-order valence-electron chi connectivity index (χ1n) is 6.37. The second-order valence-electron chi connectivity index (χ2n) is 4.76. The van der Waals surface area contributed by atoms with Gasteiger partial charge in [0.05, 0.1) is 15.8 Å². The van der Waals surface area contributed by atoms with Gasteiger partial charge in [0.25, 0.3) is 0 Å². The molecule has 0 N–H and O–H groups in total. The molecule has 8 heteroatoms. The maximum Gasteiger partial charge on any atom is 0.244 e. The van der Waals surface area contributed by atoms with Crippen LogP contribution in [0.1, 0.15) is 24.1 Å². The van der Waals surface area contributed by atoms with E-state index in [-0.39, 0.29) is 11.0 Å². The highest BCUT2D eigenvalue weighted by molar-refractivity contribution is 9.11. The first kappa shape index (κ1) is 16.7. The zero-order valence-corrected chi connectivity index (χ0v) is 15.1. The highest BCUT2D eigenvalue weighted by Crippen LogP contribution is 2.34. The van der Waals surface area contributed by atoms with E-state index in [0.717, 1.165) is 30.7 Å². The van der Waals surface area contributed by atoms with Crippen LogP contribution in [0.25, 0.3) is 0 Å². The number of sulfonamides is 1. The summed E-state index contributed by atoms with van der Waals surface area (Å²) in [4.78, 5) is 1.12. The maximum atomic E-state index is 12.6. The van der Waals surface area contributed by atoms with Crippen molar-refractivity contribution in [3.05, 3.63) is 14.7 Å². The summed E-state index contributed by atoms with van der Waals surface area (Å²) in [6.07, 6.45) is 3.06. The molecule has 4 nitrogen and oxygen atoms in total. The number of rotatable bonds is 5. The summed E-state index contributed by atoms with van der Waals surface area (Å²) in [7, 11) is -1.91. The molecule has 0 bridgehead atoms. The van der Waals surface area contributed by atoms with Crippen molar-refractivity contribution in [3.8, 4) is 0 Å². The van der Waals surface area contributed by atoms with E-state index < -0.39 is 10.0 Å². The molecule has 1 aliphatic rings. The van der Waals surface area contributed by atoms with Gasteiger partial charge in [0, 0.05) is 25.1 Å². The van der Waals surface area contributed by atoms with Crippen molar-refractivity contribution < 1.29 is 13.2 Å². The Morgan fingerprint density at radius 1 is 1.55 bits per heavy atom. The summed E-state index contributed by atoms with van der Waals surface area (Å²) >= 11 is 10.4. The summed E-state index contributed by atoms with van der Waals surface area (Å²) in [5, 5.41) is 0. The standard InChI is InChI=1S/C12H17BrClNO3S2/c1-15(8-9-4-2-3-5-18-9)20(16,17)11-6-10(7-14)19-12(11)13/h6,9H,2-5,7-8H2,1H3. The molecule has 0 saturated carbocycles. The Morgan fingerprint density at radius 3 is 2.85 bits per heavy atom. The van der Waals surface area contributed by atoms with Gasteiger partial charge in [0.2, 0.25) is 10.0 Å². The van der Waals surface area contributed by atoms with E-state index in [1.165, 1.54) is 15.6 Å². The molecule has 0 aliphatic carbocycles. The van der Waals surface area contributed by atoms with Crippen molar-refractivity contribution in [2.75, 3.05) is 20.2 Å². The number of halogens is 2. The van der Waals surface area contributed by atoms with Crippen LogP contribution in [0.15, 0.2) is 14.7 Å². The third-order valence-corrected chi connectivity index (χ3v) is 7.78. The summed E-state index contributed by atoms with van der Waals surface area (Å²) in [5.41, 5.74) is 0. The second-order valence-corrected chi connectivity index (χ2v) is 9.49. The minimum Gasteiger partial charge on any atom is -0.377 e. The van der Waals surface area contributed by atoms with Gasteiger partial charge in [-0.25, -0.2) is 8.42 Å². The molecule has 1 aliphatic heterocycles. The summed E-state index contributed by atoms with van der Waals surface area (Å²) in [5.74, 6) is 0.314. The third kappa shape index (κ3) is 3.75. The first-order chi connectivity index (χ1) is 9.45. The molecule has 114 valence electrons. The molecule has 1 fully saturated rings. The fourth-order valence-electron chi connectivity index (χ4n) is 2.14. The van der Waals surface area contributed by atoms with E-state index in [4.69, 9.17) is 16.3 Å². The van der Waals surface area contributed by atoms with Crippen molar-refractivity contribution >= 4 is 48.9 Å². The molecule has 1 saturated heterocycles. The van der Waals surface area contributed by atoms with Crippen molar-refractivity contribution in [1.29, 1.82) is 0 Å². The quantitative estimate of drug-likeness (QED) is 0.709. The second kappa shape index (κ2) is 7.07. The fraction of sp³-hybridized carbons (Fsp3) is 0.667. The lowest BCUT2D eigenvalue weighted by Gasteiger charge is -2.26. The van der Waals surface area contributed by atoms with Gasteiger partial charge in [-0.3, -0.25) is 0 Å². The van der Waals surface area contributed by atoms with Crippen molar-refractivity contribution in [2.24, 2.45) is 0 Å². The number of alkyl halides is 1. The van der Waals surface area contributed by atoms with Crippen LogP contribution in [0, 0.1) is 0 Å². The van der Waals surface area contributed by atoms with E-state index >= 15 is 0 Å². The average Bonchev–Trinajstić information content (AvgIpc) is 2.82. The minimum absolute atomic E-state index is 0.00608. The fourth-order valence-corrected chi connectivity index (χ4v) is 6.07. The van der Waals surface area contributed by atoms with Crippen LogP contribution in [-0.2, 0) is 20.6 Å². The van der Waals surface area contributed by atoms with Gasteiger partial charge in [-0.15, -0.1) is 22.9 Å². The van der Waals surface area contributed by atoms with Crippen LogP contribution in [0.3, 0.4) is 0 Å². The Labute approximate surface area is 137 Å². The average molecular weight is 403 g/mol. The largest absolute Gasteiger partial charge is 0.377 e. The van der Waals surface area contributed by atoms with Gasteiger partial charge in [-0.05, 0) is 41.3 Å². The van der Waals surface area contributed by atoms with Crippen LogP contribution in [-0.4, -0.2) is 39.0 Å². The highest BCUT2D eigenvalue weighted by atomic mass is 79.9. The molecule has 2 rings (SSSR count). The molecule has 1 aromatic rings. The number of likely N-dealkylation sites (N-methyl/N-ethyl adjacent to an activating group) is 1. The lowest BCUT2D eigenvalue weighted by atomic mass is 10.1. The van der Waals surface area contributed by atoms with Crippen LogP contribution in [0.5, 0.6) is 0 Å². The number of nitrogens with zero attached hydrogens (tertiary/aromatic N) is 1. The Bertz CT molecular complexity index is 555. The number of ether oxygens (including phenoxy) is 1. The van der Waals surface area contributed by atoms with E-state index in [2.05, 4.69) is 15.9 Å². The van der Waals surface area contributed by atoms with E-state index in [9.17, 15) is 8.42 Å². The molecule has 0 spiro atoms. The molecule has 0 radical (unpaired) electrons. The maximum absolute atomic E-state index is 12.6. The van der Waals surface area contributed by atoms with Gasteiger partial charge in [-0.2, -0.15) is 4.31 Å². The normalized spacial score (nSPS) is 20.5. The van der Waals surface area contributed by atoms with Crippen LogP contribution < -0.4 is 0 Å². The summed E-state index contributed by atoms with van der Waals surface area (Å²) in [6, 6.07) is 1.63. The number of hydrogen-bond donors (Lipinski definition) is 0. The first-order valence-corrected chi connectivity index (χ1v) is 9.95. The Morgan fingerprint density at radius 2 is 2.30 bits per heavy atom. The molecule has 1 atom stereocenters. The van der Waals surface area contributed by atoms with Crippen molar-refractivity contribution in [2.45, 2.75) is 36.1 Å². The van der Waals surface area contributed by atoms with Gasteiger partial charge in [0.15, 0.2) is 0 Å². The molecule has 1 aromatic heterocycles. The van der Waals surface area contributed by atoms with E-state index in [1.807, 2.05) is 0 Å². The molecule has 1 unspecified atom stereocenters. The van der Waals surface area contributed by atoms with Gasteiger partial charge in [-0.1, -0.05) is 0 Å². The number of thiophene rings is 1. The zero-order valence-electron chi connectivity index (χ0n) is 11.1. The molecule has 0 amide bonds. The zero-order chi connectivity index (χ0) is 14.8. The topological polar surface area (TPSA) is 46.6 Å². The SMILES string of the molecule is CN(CC1CCCCO1)S(=O)(=O)c1cc(CCl)sc1Br. The van der Waals surface area contributed by atoms with Crippen molar-refractivity contribution in [1.82, 2.24) is 4.31 Å². The monoisotopic (exact) mass is 401 g/mol. The predicted octanol–water partition coefficient (Wildman–Crippen LogP) is 3.44. The summed E-state index contributed by atoms with van der Waals surface area (Å²) < 4.78 is 32.7.